The molecule has 0 heterocycles. The van der Waals surface area contributed by atoms with Gasteiger partial charge in [-0.15, -0.1) is 0 Å². The molecule has 0 aromatic heterocycles. The van der Waals surface area contributed by atoms with Crippen LogP contribution >= 0.6 is 0 Å². The molecule has 1 rings (SSSR count). The molecule has 0 aliphatic carbocycles. The zero-order chi connectivity index (χ0) is 13.9. The first-order chi connectivity index (χ1) is 8.25. The Morgan fingerprint density at radius 2 is 1.72 bits per heavy atom. The smallest absolute Gasteiger partial charge is 0.419 e. The van der Waals surface area contributed by atoms with E-state index in [2.05, 4.69) is 0 Å². The van der Waals surface area contributed by atoms with Crippen LogP contribution in [0.2, 0.25) is 0 Å². The van der Waals surface area contributed by atoms with E-state index in [4.69, 9.17) is 9.47 Å². The van der Waals surface area contributed by atoms with Gasteiger partial charge >= 0.3 is 6.18 Å². The fourth-order valence-corrected chi connectivity index (χ4v) is 1.46. The first-order valence-corrected chi connectivity index (χ1v) is 5.63. The Bertz CT molecular complexity index is 402. The highest BCUT2D eigenvalue weighted by Gasteiger charge is 2.35. The highest BCUT2D eigenvalue weighted by atomic mass is 19.4. The molecule has 2 nitrogen and oxygen atoms in total. The second kappa shape index (κ2) is 5.61. The molecule has 0 amide bonds. The minimum Gasteiger partial charge on any atom is -0.487 e. The second-order valence-corrected chi connectivity index (χ2v) is 4.26. The molecule has 18 heavy (non-hydrogen) atoms. The van der Waals surface area contributed by atoms with Crippen LogP contribution in [0.15, 0.2) is 18.2 Å². The molecule has 0 aliphatic heterocycles. The number of rotatable bonds is 4. The molecule has 0 spiro atoms. The average Bonchev–Trinajstić information content (AvgIpc) is 2.28. The summed E-state index contributed by atoms with van der Waals surface area (Å²) in [5.41, 5.74) is -0.209. The van der Waals surface area contributed by atoms with Crippen molar-refractivity contribution in [3.8, 4) is 5.75 Å². The van der Waals surface area contributed by atoms with E-state index in [-0.39, 0.29) is 11.9 Å². The van der Waals surface area contributed by atoms with Gasteiger partial charge in [-0.25, -0.2) is 0 Å². The average molecular weight is 262 g/mol. The predicted octanol–water partition coefficient (Wildman–Crippen LogP) is 3.82. The first-order valence-electron chi connectivity index (χ1n) is 5.63. The zero-order valence-electron chi connectivity index (χ0n) is 10.8. The van der Waals surface area contributed by atoms with Gasteiger partial charge in [0.05, 0.1) is 11.7 Å². The van der Waals surface area contributed by atoms with Crippen LogP contribution in [0.25, 0.3) is 0 Å². The molecule has 1 unspecified atom stereocenters. The first kappa shape index (κ1) is 14.8. The number of ether oxygens (including phenoxy) is 2. The fraction of sp³-hybridized carbons (Fsp3) is 0.538. The van der Waals surface area contributed by atoms with Gasteiger partial charge < -0.3 is 9.47 Å². The van der Waals surface area contributed by atoms with E-state index in [0.29, 0.717) is 5.56 Å². The molecule has 0 N–H and O–H groups in total. The minimum absolute atomic E-state index is 0.162. The lowest BCUT2D eigenvalue weighted by molar-refractivity contribution is -0.139. The Hall–Kier alpha value is -1.23. The van der Waals surface area contributed by atoms with Crippen molar-refractivity contribution in [2.45, 2.75) is 39.2 Å². The SMILES string of the molecule is COC(C)[C@H](C)Oc1ccc(C)cc1C(F)(F)F. The molecular weight excluding hydrogens is 245 g/mol. The molecule has 2 atom stereocenters. The Morgan fingerprint density at radius 3 is 2.22 bits per heavy atom. The van der Waals surface area contributed by atoms with Crippen LogP contribution in [0.5, 0.6) is 5.75 Å². The number of alkyl halides is 3. The van der Waals surface area contributed by atoms with E-state index in [1.165, 1.54) is 13.2 Å². The van der Waals surface area contributed by atoms with Gasteiger partial charge in [0, 0.05) is 7.11 Å². The maximum Gasteiger partial charge on any atom is 0.419 e. The third-order valence-electron chi connectivity index (χ3n) is 2.79. The third-order valence-corrected chi connectivity index (χ3v) is 2.79. The molecular formula is C13H17F3O2. The van der Waals surface area contributed by atoms with Gasteiger partial charge in [0.2, 0.25) is 0 Å². The highest BCUT2D eigenvalue weighted by molar-refractivity contribution is 5.39. The van der Waals surface area contributed by atoms with Crippen LogP contribution in [-0.4, -0.2) is 19.3 Å². The molecule has 0 saturated carbocycles. The van der Waals surface area contributed by atoms with Crippen molar-refractivity contribution in [1.82, 2.24) is 0 Å². The monoisotopic (exact) mass is 262 g/mol. The predicted molar refractivity (Wildman–Crippen MR) is 62.7 cm³/mol. The van der Waals surface area contributed by atoms with Gasteiger partial charge in [-0.05, 0) is 32.9 Å². The van der Waals surface area contributed by atoms with E-state index in [9.17, 15) is 13.2 Å². The van der Waals surface area contributed by atoms with Crippen molar-refractivity contribution in [1.29, 1.82) is 0 Å². The fourth-order valence-electron chi connectivity index (χ4n) is 1.46. The molecule has 102 valence electrons. The van der Waals surface area contributed by atoms with Crippen molar-refractivity contribution in [2.24, 2.45) is 0 Å². The van der Waals surface area contributed by atoms with E-state index in [1.807, 2.05) is 0 Å². The molecule has 0 radical (unpaired) electrons. The molecule has 1 aromatic carbocycles. The van der Waals surface area contributed by atoms with Crippen LogP contribution in [0.4, 0.5) is 13.2 Å². The minimum atomic E-state index is -4.42. The second-order valence-electron chi connectivity index (χ2n) is 4.26. The van der Waals surface area contributed by atoms with Gasteiger partial charge in [-0.3, -0.25) is 0 Å². The van der Waals surface area contributed by atoms with Crippen LogP contribution in [0, 0.1) is 6.92 Å². The lowest BCUT2D eigenvalue weighted by atomic mass is 10.1. The van der Waals surface area contributed by atoms with Crippen molar-refractivity contribution in [3.05, 3.63) is 29.3 Å². The molecule has 0 bridgehead atoms. The summed E-state index contributed by atoms with van der Waals surface area (Å²) in [5.74, 6) is -0.162. The van der Waals surface area contributed by atoms with E-state index < -0.39 is 17.8 Å². The zero-order valence-corrected chi connectivity index (χ0v) is 10.8. The van der Waals surface area contributed by atoms with E-state index >= 15 is 0 Å². The maximum absolute atomic E-state index is 12.9. The van der Waals surface area contributed by atoms with Gasteiger partial charge in [0.1, 0.15) is 11.9 Å². The van der Waals surface area contributed by atoms with Crippen LogP contribution in [0.1, 0.15) is 25.0 Å². The number of hydrogen-bond donors (Lipinski definition) is 0. The summed E-state index contributed by atoms with van der Waals surface area (Å²) in [6.07, 6.45) is -5.16. The van der Waals surface area contributed by atoms with Gasteiger partial charge in [-0.1, -0.05) is 11.6 Å². The standard InChI is InChI=1S/C13H17F3O2/c1-8-5-6-12(11(7-8)13(14,15)16)18-10(3)9(2)17-4/h5-7,9-10H,1-4H3/t9?,10-/m0/s1. The van der Waals surface area contributed by atoms with Gasteiger partial charge in [0.15, 0.2) is 0 Å². The van der Waals surface area contributed by atoms with Crippen LogP contribution in [0.3, 0.4) is 0 Å². The largest absolute Gasteiger partial charge is 0.487 e. The summed E-state index contributed by atoms with van der Waals surface area (Å²) >= 11 is 0. The Labute approximate surface area is 105 Å². The number of aryl methyl sites for hydroxylation is 1. The Kier molecular flexibility index (Phi) is 4.62. The topological polar surface area (TPSA) is 18.5 Å². The molecule has 0 fully saturated rings. The highest BCUT2D eigenvalue weighted by Crippen LogP contribution is 2.37. The van der Waals surface area contributed by atoms with Crippen molar-refractivity contribution >= 4 is 0 Å². The Morgan fingerprint density at radius 1 is 1.11 bits per heavy atom. The van der Waals surface area contributed by atoms with Crippen molar-refractivity contribution in [2.75, 3.05) is 7.11 Å². The lowest BCUT2D eigenvalue weighted by Crippen LogP contribution is -2.28. The van der Waals surface area contributed by atoms with E-state index in [1.54, 1.807) is 26.8 Å². The third kappa shape index (κ3) is 3.63. The summed E-state index contributed by atoms with van der Waals surface area (Å²) in [6.45, 7) is 5.03. The maximum atomic E-state index is 12.9. The summed E-state index contributed by atoms with van der Waals surface area (Å²) < 4.78 is 48.9. The summed E-state index contributed by atoms with van der Waals surface area (Å²) in [4.78, 5) is 0. The number of methoxy groups -OCH3 is 1. The Balaban J connectivity index is 3.02. The van der Waals surface area contributed by atoms with Crippen molar-refractivity contribution in [3.63, 3.8) is 0 Å². The molecule has 0 aliphatic rings. The quantitative estimate of drug-likeness (QED) is 0.821. The van der Waals surface area contributed by atoms with E-state index in [0.717, 1.165) is 6.07 Å². The van der Waals surface area contributed by atoms with Crippen LogP contribution < -0.4 is 4.74 Å². The van der Waals surface area contributed by atoms with Crippen LogP contribution in [-0.2, 0) is 10.9 Å². The van der Waals surface area contributed by atoms with Gasteiger partial charge in [0.25, 0.3) is 0 Å². The number of benzene rings is 1. The number of halogens is 3. The normalized spacial score (nSPS) is 15.3. The molecule has 0 saturated heterocycles. The van der Waals surface area contributed by atoms with Gasteiger partial charge in [-0.2, -0.15) is 13.2 Å². The summed E-state index contributed by atoms with van der Waals surface area (Å²) in [7, 11) is 1.49. The summed E-state index contributed by atoms with van der Waals surface area (Å²) in [5, 5.41) is 0. The summed E-state index contributed by atoms with van der Waals surface area (Å²) in [6, 6.07) is 4.02. The van der Waals surface area contributed by atoms with Crippen molar-refractivity contribution < 1.29 is 22.6 Å². The number of hydrogen-bond acceptors (Lipinski definition) is 2. The molecule has 1 aromatic rings. The molecule has 5 heteroatoms. The lowest BCUT2D eigenvalue weighted by Gasteiger charge is -2.22.